The Labute approximate surface area is 149 Å². The first kappa shape index (κ1) is 16.8. The quantitative estimate of drug-likeness (QED) is 0.845. The second-order valence-corrected chi connectivity index (χ2v) is 6.98. The predicted molar refractivity (Wildman–Crippen MR) is 95.0 cm³/mol. The molecule has 2 aliphatic heterocycles. The molecule has 3 heterocycles. The number of aromatic nitrogens is 1. The number of rotatable bonds is 2. The highest BCUT2D eigenvalue weighted by atomic mass is 19.1. The van der Waals surface area contributed by atoms with E-state index >= 15 is 4.39 Å². The lowest BCUT2D eigenvalue weighted by atomic mass is 10.0. The van der Waals surface area contributed by atoms with Gasteiger partial charge in [-0.05, 0) is 19.9 Å². The minimum atomic E-state index is -1.32. The van der Waals surface area contributed by atoms with Crippen molar-refractivity contribution in [1.82, 2.24) is 9.88 Å². The van der Waals surface area contributed by atoms with Gasteiger partial charge in [0.15, 0.2) is 11.6 Å². The molecule has 1 fully saturated rings. The Morgan fingerprint density at radius 2 is 2.19 bits per heavy atom. The van der Waals surface area contributed by atoms with Crippen LogP contribution in [0.25, 0.3) is 10.9 Å². The van der Waals surface area contributed by atoms with E-state index in [0.29, 0.717) is 30.0 Å². The Balaban J connectivity index is 2.03. The van der Waals surface area contributed by atoms with Crippen molar-refractivity contribution in [2.75, 3.05) is 31.1 Å². The maximum Gasteiger partial charge on any atom is 0.341 e. The number of aromatic carboxylic acids is 1. The number of nitrogens with zero attached hydrogens (tertiary/aromatic N) is 2. The van der Waals surface area contributed by atoms with Crippen LogP contribution in [0.1, 0.15) is 30.2 Å². The molecule has 1 aromatic heterocycles. The molecule has 7 nitrogen and oxygen atoms in total. The second-order valence-electron chi connectivity index (χ2n) is 6.98. The molecule has 138 valence electrons. The number of hydrogen-bond donors (Lipinski definition) is 2. The summed E-state index contributed by atoms with van der Waals surface area (Å²) in [4.78, 5) is 25.9. The zero-order valence-electron chi connectivity index (χ0n) is 14.6. The van der Waals surface area contributed by atoms with Crippen LogP contribution in [-0.4, -0.2) is 47.9 Å². The Kier molecular flexibility index (Phi) is 3.87. The van der Waals surface area contributed by atoms with Crippen molar-refractivity contribution < 1.29 is 19.0 Å². The summed E-state index contributed by atoms with van der Waals surface area (Å²) in [5, 5.41) is 12.7. The number of carbonyl (C=O) groups is 1. The average Bonchev–Trinajstić information content (AvgIpc) is 2.59. The number of halogens is 1. The molecule has 0 radical (unpaired) electrons. The van der Waals surface area contributed by atoms with Gasteiger partial charge in [0.1, 0.15) is 17.9 Å². The molecular weight excluding hydrogens is 341 g/mol. The third-order valence-electron chi connectivity index (χ3n) is 5.06. The Morgan fingerprint density at radius 3 is 2.88 bits per heavy atom. The van der Waals surface area contributed by atoms with Crippen LogP contribution in [0.3, 0.4) is 0 Å². The lowest BCUT2D eigenvalue weighted by molar-refractivity contribution is 0.0694. The number of benzene rings is 1. The number of carboxylic acids is 1. The van der Waals surface area contributed by atoms with Crippen molar-refractivity contribution in [3.8, 4) is 5.75 Å². The van der Waals surface area contributed by atoms with E-state index in [0.717, 1.165) is 12.6 Å². The van der Waals surface area contributed by atoms with Crippen LogP contribution in [0, 0.1) is 5.82 Å². The summed E-state index contributed by atoms with van der Waals surface area (Å²) in [7, 11) is 0. The molecule has 1 saturated heterocycles. The Morgan fingerprint density at radius 1 is 1.42 bits per heavy atom. The average molecular weight is 361 g/mol. The van der Waals surface area contributed by atoms with E-state index < -0.39 is 17.2 Å². The number of ether oxygens (including phenoxy) is 1. The highest BCUT2D eigenvalue weighted by Gasteiger charge is 2.31. The van der Waals surface area contributed by atoms with Crippen LogP contribution in [0.2, 0.25) is 0 Å². The Hall–Kier alpha value is -2.61. The molecule has 2 aromatic rings. The molecule has 2 atom stereocenters. The molecule has 8 heteroatoms. The molecule has 0 saturated carbocycles. The lowest BCUT2D eigenvalue weighted by Gasteiger charge is -2.36. The summed E-state index contributed by atoms with van der Waals surface area (Å²) in [6.45, 7) is 6.13. The monoisotopic (exact) mass is 361 g/mol. The van der Waals surface area contributed by atoms with E-state index in [9.17, 15) is 14.7 Å². The third kappa shape index (κ3) is 2.44. The summed E-state index contributed by atoms with van der Waals surface area (Å²) in [6.07, 6.45) is 1.34. The van der Waals surface area contributed by atoms with Crippen LogP contribution >= 0.6 is 0 Å². The van der Waals surface area contributed by atoms with E-state index in [-0.39, 0.29) is 29.6 Å². The van der Waals surface area contributed by atoms with Gasteiger partial charge in [-0.15, -0.1) is 0 Å². The van der Waals surface area contributed by atoms with Crippen LogP contribution in [-0.2, 0) is 0 Å². The van der Waals surface area contributed by atoms with E-state index in [2.05, 4.69) is 5.32 Å². The summed E-state index contributed by atoms with van der Waals surface area (Å²) < 4.78 is 22.6. The molecule has 0 bridgehead atoms. The van der Waals surface area contributed by atoms with Crippen molar-refractivity contribution in [1.29, 1.82) is 0 Å². The fourth-order valence-corrected chi connectivity index (χ4v) is 3.79. The van der Waals surface area contributed by atoms with Crippen molar-refractivity contribution in [3.05, 3.63) is 33.9 Å². The molecule has 1 aromatic carbocycles. The molecule has 0 spiro atoms. The summed E-state index contributed by atoms with van der Waals surface area (Å²) >= 11 is 0. The minimum absolute atomic E-state index is 0.0379. The van der Waals surface area contributed by atoms with Gasteiger partial charge >= 0.3 is 5.97 Å². The number of piperazine rings is 1. The smallest absolute Gasteiger partial charge is 0.341 e. The topological polar surface area (TPSA) is 83.8 Å². The van der Waals surface area contributed by atoms with E-state index in [4.69, 9.17) is 4.74 Å². The zero-order valence-corrected chi connectivity index (χ0v) is 14.6. The SMILES string of the molecule is CC1CN(c2c(F)cc3c(=O)c(C(=O)O)cn4c3c2OC[C@@H]4C)CCN1. The van der Waals surface area contributed by atoms with Crippen LogP contribution < -0.4 is 20.4 Å². The summed E-state index contributed by atoms with van der Waals surface area (Å²) in [5.74, 6) is -1.56. The zero-order chi connectivity index (χ0) is 18.6. The second kappa shape index (κ2) is 5.98. The van der Waals surface area contributed by atoms with Gasteiger partial charge in [0.25, 0.3) is 0 Å². The molecule has 2 aliphatic rings. The lowest BCUT2D eigenvalue weighted by Crippen LogP contribution is -2.49. The first-order valence-corrected chi connectivity index (χ1v) is 8.64. The molecule has 4 rings (SSSR count). The standard InChI is InChI=1S/C18H20FN3O4/c1-9-6-21(4-3-20-9)15-13(19)5-11-14-17(15)26-8-10(2)22(14)7-12(16(11)23)18(24)25/h5,7,9-10,20H,3-4,6,8H2,1-2H3,(H,24,25)/t9?,10-/m0/s1. The van der Waals surface area contributed by atoms with Crippen LogP contribution in [0.5, 0.6) is 5.75 Å². The van der Waals surface area contributed by atoms with Crippen molar-refractivity contribution in [2.24, 2.45) is 0 Å². The van der Waals surface area contributed by atoms with Crippen molar-refractivity contribution in [3.63, 3.8) is 0 Å². The number of hydrogen-bond acceptors (Lipinski definition) is 5. The maximum absolute atomic E-state index is 15.0. The van der Waals surface area contributed by atoms with Gasteiger partial charge < -0.3 is 24.6 Å². The van der Waals surface area contributed by atoms with E-state index in [1.165, 1.54) is 6.20 Å². The highest BCUT2D eigenvalue weighted by Crippen LogP contribution is 2.42. The van der Waals surface area contributed by atoms with Gasteiger partial charge in [0.2, 0.25) is 5.43 Å². The third-order valence-corrected chi connectivity index (χ3v) is 5.06. The van der Waals surface area contributed by atoms with E-state index in [1.807, 2.05) is 18.7 Å². The maximum atomic E-state index is 15.0. The molecule has 26 heavy (non-hydrogen) atoms. The van der Waals surface area contributed by atoms with E-state index in [1.54, 1.807) is 4.57 Å². The summed E-state index contributed by atoms with van der Waals surface area (Å²) in [6, 6.07) is 1.18. The molecule has 2 N–H and O–H groups in total. The van der Waals surface area contributed by atoms with Gasteiger partial charge in [-0.3, -0.25) is 4.79 Å². The molecule has 1 unspecified atom stereocenters. The number of pyridine rings is 1. The van der Waals surface area contributed by atoms with Gasteiger partial charge in [-0.2, -0.15) is 0 Å². The van der Waals surface area contributed by atoms with Gasteiger partial charge in [0, 0.05) is 31.9 Å². The first-order valence-electron chi connectivity index (χ1n) is 8.64. The van der Waals surface area contributed by atoms with Crippen LogP contribution in [0.15, 0.2) is 17.1 Å². The number of nitrogens with one attached hydrogen (secondary N) is 1. The first-order chi connectivity index (χ1) is 12.4. The minimum Gasteiger partial charge on any atom is -0.487 e. The fraction of sp³-hybridized carbons (Fsp3) is 0.444. The predicted octanol–water partition coefficient (Wildman–Crippen LogP) is 1.59. The van der Waals surface area contributed by atoms with Gasteiger partial charge in [-0.1, -0.05) is 0 Å². The fourth-order valence-electron chi connectivity index (χ4n) is 3.79. The van der Waals surface area contributed by atoms with Crippen LogP contribution in [0.4, 0.5) is 10.1 Å². The molecular formula is C18H20FN3O4. The van der Waals surface area contributed by atoms with Crippen molar-refractivity contribution in [2.45, 2.75) is 25.9 Å². The normalized spacial score (nSPS) is 22.3. The number of carboxylic acid groups (broad SMARTS) is 1. The highest BCUT2D eigenvalue weighted by molar-refractivity contribution is 5.97. The molecule has 0 aliphatic carbocycles. The largest absolute Gasteiger partial charge is 0.487 e. The van der Waals surface area contributed by atoms with Gasteiger partial charge in [-0.25, -0.2) is 9.18 Å². The van der Waals surface area contributed by atoms with Crippen molar-refractivity contribution >= 4 is 22.6 Å². The molecule has 0 amide bonds. The Bertz CT molecular complexity index is 971. The van der Waals surface area contributed by atoms with Gasteiger partial charge in [0.05, 0.1) is 16.9 Å². The summed E-state index contributed by atoms with van der Waals surface area (Å²) in [5.41, 5.74) is -0.253. The number of anilines is 1.